The van der Waals surface area contributed by atoms with Crippen LogP contribution < -0.4 is 14.8 Å². The molecule has 0 radical (unpaired) electrons. The third kappa shape index (κ3) is 4.74. The van der Waals surface area contributed by atoms with Gasteiger partial charge in [-0.15, -0.1) is 0 Å². The first-order valence-electron chi connectivity index (χ1n) is 11.6. The number of nitrogens with zero attached hydrogens (tertiary/aromatic N) is 4. The normalized spacial score (nSPS) is 10.9. The zero-order chi connectivity index (χ0) is 25.1. The molecule has 0 aliphatic rings. The van der Waals surface area contributed by atoms with Crippen molar-refractivity contribution in [3.63, 3.8) is 0 Å². The number of nitrogens with one attached hydrogen (secondary N) is 1. The second kappa shape index (κ2) is 9.87. The van der Waals surface area contributed by atoms with E-state index in [0.717, 1.165) is 16.6 Å². The van der Waals surface area contributed by atoms with Gasteiger partial charge in [-0.1, -0.05) is 30.3 Å². The van der Waals surface area contributed by atoms with Crippen LogP contribution >= 0.6 is 0 Å². The molecule has 0 unspecified atom stereocenters. The van der Waals surface area contributed by atoms with Crippen LogP contribution in [0.2, 0.25) is 0 Å². The molecule has 1 N–H and O–H groups in total. The molecule has 0 saturated heterocycles. The Morgan fingerprint density at radius 1 is 1.00 bits per heavy atom. The lowest BCUT2D eigenvalue weighted by Gasteiger charge is -2.14. The number of anilines is 1. The predicted molar refractivity (Wildman–Crippen MR) is 138 cm³/mol. The lowest BCUT2D eigenvalue weighted by Crippen LogP contribution is -2.14. The fourth-order valence-corrected chi connectivity index (χ4v) is 4.00. The molecule has 36 heavy (non-hydrogen) atoms. The van der Waals surface area contributed by atoms with Crippen molar-refractivity contribution in [2.24, 2.45) is 0 Å². The van der Waals surface area contributed by atoms with E-state index in [4.69, 9.17) is 9.47 Å². The first-order valence-corrected chi connectivity index (χ1v) is 11.6. The maximum atomic E-state index is 13.3. The average molecular weight is 480 g/mol. The van der Waals surface area contributed by atoms with Gasteiger partial charge < -0.3 is 14.8 Å². The molecule has 2 aromatic heterocycles. The van der Waals surface area contributed by atoms with Gasteiger partial charge in [0, 0.05) is 24.1 Å². The largest absolute Gasteiger partial charge is 0.493 e. The molecule has 3 aromatic carbocycles. The summed E-state index contributed by atoms with van der Waals surface area (Å²) in [6.45, 7) is 6.08. The molecule has 0 aliphatic carbocycles. The van der Waals surface area contributed by atoms with Crippen molar-refractivity contribution in [2.45, 2.75) is 20.8 Å². The molecule has 5 rings (SSSR count). The monoisotopic (exact) mass is 479 g/mol. The first-order chi connectivity index (χ1) is 17.5. The van der Waals surface area contributed by atoms with E-state index >= 15 is 0 Å². The molecule has 5 aromatic rings. The van der Waals surface area contributed by atoms with Crippen LogP contribution in [0, 0.1) is 13.8 Å². The summed E-state index contributed by atoms with van der Waals surface area (Å²) < 4.78 is 13.6. The van der Waals surface area contributed by atoms with E-state index in [1.165, 1.54) is 0 Å². The second-order valence-electron chi connectivity index (χ2n) is 8.13. The van der Waals surface area contributed by atoms with Gasteiger partial charge in [-0.2, -0.15) is 4.98 Å². The first kappa shape index (κ1) is 23.0. The van der Waals surface area contributed by atoms with E-state index in [1.807, 2.05) is 67.9 Å². The van der Waals surface area contributed by atoms with Gasteiger partial charge in [-0.3, -0.25) is 9.36 Å². The zero-order valence-electron chi connectivity index (χ0n) is 20.2. The lowest BCUT2D eigenvalue weighted by molar-refractivity contribution is 0.102. The van der Waals surface area contributed by atoms with Crippen molar-refractivity contribution >= 4 is 22.4 Å². The fraction of sp³-hybridized carbons (Fsp3) is 0.143. The summed E-state index contributed by atoms with van der Waals surface area (Å²) in [4.78, 5) is 26.4. The molecule has 180 valence electrons. The molecule has 1 amide bonds. The molecule has 2 heterocycles. The van der Waals surface area contributed by atoms with Crippen molar-refractivity contribution in [3.05, 3.63) is 96.3 Å². The Kier molecular flexibility index (Phi) is 6.32. The Balaban J connectivity index is 1.36. The Bertz CT molecular complexity index is 1540. The van der Waals surface area contributed by atoms with Gasteiger partial charge >= 0.3 is 0 Å². The van der Waals surface area contributed by atoms with Crippen LogP contribution in [-0.4, -0.2) is 32.0 Å². The van der Waals surface area contributed by atoms with Gasteiger partial charge in [0.25, 0.3) is 5.91 Å². The number of amides is 1. The molecule has 0 spiro atoms. The molecule has 8 heteroatoms. The number of benzene rings is 3. The van der Waals surface area contributed by atoms with Crippen LogP contribution in [0.5, 0.6) is 17.4 Å². The minimum absolute atomic E-state index is 0.240. The topological polar surface area (TPSA) is 91.2 Å². The fourth-order valence-electron chi connectivity index (χ4n) is 4.00. The standard InChI is InChI=1S/C28H25N5O3/c1-4-35-24-14-9-20-7-5-6-8-23(20)27(24)28(34)32-21-10-12-22(13-11-21)36-26-17-25(30-18(2)31-26)33-16-15-29-19(33)3/h5-17H,4H2,1-3H3,(H,32,34). The van der Waals surface area contributed by atoms with Gasteiger partial charge in [0.2, 0.25) is 5.88 Å². The number of fused-ring (bicyclic) bond motifs is 1. The quantitative estimate of drug-likeness (QED) is 0.314. The highest BCUT2D eigenvalue weighted by Crippen LogP contribution is 2.30. The van der Waals surface area contributed by atoms with E-state index in [-0.39, 0.29) is 5.91 Å². The number of rotatable bonds is 7. The van der Waals surface area contributed by atoms with Gasteiger partial charge in [0.1, 0.15) is 29.0 Å². The zero-order valence-corrected chi connectivity index (χ0v) is 20.2. The van der Waals surface area contributed by atoms with Gasteiger partial charge in [0.15, 0.2) is 0 Å². The van der Waals surface area contributed by atoms with Crippen LogP contribution in [0.4, 0.5) is 5.69 Å². The second-order valence-corrected chi connectivity index (χ2v) is 8.13. The van der Waals surface area contributed by atoms with Gasteiger partial charge in [0.05, 0.1) is 12.2 Å². The number of aryl methyl sites for hydroxylation is 2. The van der Waals surface area contributed by atoms with Gasteiger partial charge in [-0.05, 0) is 61.9 Å². The molecule has 0 saturated carbocycles. The summed E-state index contributed by atoms with van der Waals surface area (Å²) in [7, 11) is 0. The van der Waals surface area contributed by atoms with E-state index in [0.29, 0.717) is 46.9 Å². The highest BCUT2D eigenvalue weighted by Gasteiger charge is 2.17. The number of carbonyl (C=O) groups is 1. The summed E-state index contributed by atoms with van der Waals surface area (Å²) in [6, 6.07) is 20.4. The molecule has 0 fully saturated rings. The van der Waals surface area contributed by atoms with E-state index < -0.39 is 0 Å². The highest BCUT2D eigenvalue weighted by atomic mass is 16.5. The predicted octanol–water partition coefficient (Wildman–Crippen LogP) is 5.88. The maximum Gasteiger partial charge on any atom is 0.260 e. The smallest absolute Gasteiger partial charge is 0.260 e. The van der Waals surface area contributed by atoms with E-state index in [1.54, 1.807) is 36.5 Å². The van der Waals surface area contributed by atoms with Crippen molar-refractivity contribution < 1.29 is 14.3 Å². The molecular formula is C28H25N5O3. The van der Waals surface area contributed by atoms with E-state index in [9.17, 15) is 4.79 Å². The molecule has 0 bridgehead atoms. The summed E-state index contributed by atoms with van der Waals surface area (Å²) in [6.07, 6.45) is 3.56. The van der Waals surface area contributed by atoms with Crippen molar-refractivity contribution in [1.29, 1.82) is 0 Å². The van der Waals surface area contributed by atoms with Crippen LogP contribution in [-0.2, 0) is 0 Å². The van der Waals surface area contributed by atoms with Crippen molar-refractivity contribution in [2.75, 3.05) is 11.9 Å². The minimum atomic E-state index is -0.240. The lowest BCUT2D eigenvalue weighted by atomic mass is 10.0. The number of hydrogen-bond donors (Lipinski definition) is 1. The van der Waals surface area contributed by atoms with Crippen LogP contribution in [0.3, 0.4) is 0 Å². The Hall–Kier alpha value is -4.72. The van der Waals surface area contributed by atoms with E-state index in [2.05, 4.69) is 20.3 Å². The Labute approximate surface area is 208 Å². The molecule has 0 atom stereocenters. The Morgan fingerprint density at radius 2 is 1.81 bits per heavy atom. The van der Waals surface area contributed by atoms with Crippen molar-refractivity contribution in [1.82, 2.24) is 19.5 Å². The Morgan fingerprint density at radius 3 is 2.56 bits per heavy atom. The third-order valence-electron chi connectivity index (χ3n) is 5.63. The highest BCUT2D eigenvalue weighted by molar-refractivity contribution is 6.15. The van der Waals surface area contributed by atoms with Crippen molar-refractivity contribution in [3.8, 4) is 23.2 Å². The number of hydrogen-bond acceptors (Lipinski definition) is 6. The molecule has 8 nitrogen and oxygen atoms in total. The average Bonchev–Trinajstić information content (AvgIpc) is 3.30. The number of ether oxygens (including phenoxy) is 2. The van der Waals surface area contributed by atoms with Gasteiger partial charge in [-0.25, -0.2) is 9.97 Å². The summed E-state index contributed by atoms with van der Waals surface area (Å²) in [5.74, 6) is 3.39. The van der Waals surface area contributed by atoms with Crippen LogP contribution in [0.1, 0.15) is 28.9 Å². The maximum absolute atomic E-state index is 13.3. The SMILES string of the molecule is CCOc1ccc2ccccc2c1C(=O)Nc1ccc(Oc2cc(-n3ccnc3C)nc(C)n2)cc1. The molecule has 0 aliphatic heterocycles. The van der Waals surface area contributed by atoms with Crippen LogP contribution in [0.25, 0.3) is 16.6 Å². The third-order valence-corrected chi connectivity index (χ3v) is 5.63. The summed E-state index contributed by atoms with van der Waals surface area (Å²) in [5, 5.41) is 4.78. The minimum Gasteiger partial charge on any atom is -0.493 e. The summed E-state index contributed by atoms with van der Waals surface area (Å²) in [5.41, 5.74) is 1.14. The summed E-state index contributed by atoms with van der Waals surface area (Å²) >= 11 is 0. The number of imidazole rings is 1. The number of aromatic nitrogens is 4. The van der Waals surface area contributed by atoms with Crippen LogP contribution in [0.15, 0.2) is 79.1 Å². The number of carbonyl (C=O) groups excluding carboxylic acids is 1. The molecular weight excluding hydrogens is 454 g/mol.